The van der Waals surface area contributed by atoms with Crippen molar-refractivity contribution in [1.82, 2.24) is 25.4 Å². The quantitative estimate of drug-likeness (QED) is 0.734. The summed E-state index contributed by atoms with van der Waals surface area (Å²) < 4.78 is 1.31. The fourth-order valence-electron chi connectivity index (χ4n) is 2.20. The van der Waals surface area contributed by atoms with Gasteiger partial charge in [0.05, 0.1) is 17.0 Å². The van der Waals surface area contributed by atoms with E-state index in [0.29, 0.717) is 34.2 Å². The minimum atomic E-state index is -0.205. The molecule has 0 spiro atoms. The highest BCUT2D eigenvalue weighted by molar-refractivity contribution is 7.17. The summed E-state index contributed by atoms with van der Waals surface area (Å²) in [4.78, 5) is 29.6. The smallest absolute Gasteiger partial charge is 0.277 e. The van der Waals surface area contributed by atoms with Gasteiger partial charge in [-0.3, -0.25) is 9.59 Å². The molecule has 10 heteroatoms. The van der Waals surface area contributed by atoms with Crippen LogP contribution in [0.5, 0.6) is 0 Å². The van der Waals surface area contributed by atoms with Crippen LogP contribution in [0.2, 0.25) is 0 Å². The van der Waals surface area contributed by atoms with Crippen LogP contribution in [0.25, 0.3) is 10.6 Å². The first kappa shape index (κ1) is 23.5. The molecule has 0 aliphatic rings. The number of hydrogen-bond donors (Lipinski definition) is 2. The average molecular weight is 408 g/mol. The predicted octanol–water partition coefficient (Wildman–Crippen LogP) is 1.62. The van der Waals surface area contributed by atoms with Gasteiger partial charge in [-0.25, -0.2) is 9.67 Å². The van der Waals surface area contributed by atoms with E-state index in [-0.39, 0.29) is 36.3 Å². The molecule has 0 fully saturated rings. The SMILES string of the molecule is CNCCNC(=O)c1sc(-c2c(C)c(C)nn(C)c2=O)nc1C.Cl.Cl. The van der Waals surface area contributed by atoms with Crippen molar-refractivity contribution < 1.29 is 4.79 Å². The molecule has 2 aromatic rings. The van der Waals surface area contributed by atoms with E-state index < -0.39 is 0 Å². The lowest BCUT2D eigenvalue weighted by molar-refractivity contribution is 0.0957. The highest BCUT2D eigenvalue weighted by Crippen LogP contribution is 2.28. The van der Waals surface area contributed by atoms with Gasteiger partial charge < -0.3 is 10.6 Å². The number of aromatic nitrogens is 3. The van der Waals surface area contributed by atoms with Crippen molar-refractivity contribution in [1.29, 1.82) is 0 Å². The number of hydrogen-bond acceptors (Lipinski definition) is 6. The summed E-state index contributed by atoms with van der Waals surface area (Å²) in [6, 6.07) is 0. The maximum Gasteiger partial charge on any atom is 0.277 e. The molecule has 0 unspecified atom stereocenters. The highest BCUT2D eigenvalue weighted by atomic mass is 35.5. The molecule has 2 aromatic heterocycles. The van der Waals surface area contributed by atoms with Gasteiger partial charge in [-0.1, -0.05) is 0 Å². The Hall–Kier alpha value is -1.48. The zero-order valence-electron chi connectivity index (χ0n) is 14.8. The summed E-state index contributed by atoms with van der Waals surface area (Å²) in [5.74, 6) is -0.165. The number of rotatable bonds is 5. The molecule has 0 aliphatic carbocycles. The molecule has 2 N–H and O–H groups in total. The second kappa shape index (κ2) is 9.86. The lowest BCUT2D eigenvalue weighted by atomic mass is 10.1. The number of amides is 1. The first-order valence-electron chi connectivity index (χ1n) is 7.32. The second-order valence-electron chi connectivity index (χ2n) is 5.31. The van der Waals surface area contributed by atoms with E-state index in [9.17, 15) is 9.59 Å². The number of nitrogens with one attached hydrogen (secondary N) is 2. The summed E-state index contributed by atoms with van der Waals surface area (Å²) >= 11 is 1.24. The Kier molecular flexibility index (Phi) is 9.28. The highest BCUT2D eigenvalue weighted by Gasteiger charge is 2.20. The third kappa shape index (κ3) is 5.01. The maximum absolute atomic E-state index is 12.4. The van der Waals surface area contributed by atoms with Crippen LogP contribution in [0.15, 0.2) is 4.79 Å². The van der Waals surface area contributed by atoms with Gasteiger partial charge in [-0.15, -0.1) is 36.2 Å². The first-order chi connectivity index (χ1) is 10.9. The van der Waals surface area contributed by atoms with Gasteiger partial charge in [-0.05, 0) is 33.4 Å². The first-order valence-corrected chi connectivity index (χ1v) is 8.13. The largest absolute Gasteiger partial charge is 0.350 e. The van der Waals surface area contributed by atoms with Gasteiger partial charge in [0.25, 0.3) is 11.5 Å². The van der Waals surface area contributed by atoms with Crippen molar-refractivity contribution in [3.63, 3.8) is 0 Å². The molecule has 0 aromatic carbocycles. The Morgan fingerprint density at radius 3 is 2.40 bits per heavy atom. The zero-order chi connectivity index (χ0) is 17.1. The molecule has 0 saturated heterocycles. The normalized spacial score (nSPS) is 9.96. The average Bonchev–Trinajstić information content (AvgIpc) is 2.87. The second-order valence-corrected chi connectivity index (χ2v) is 6.31. The van der Waals surface area contributed by atoms with Gasteiger partial charge in [0.1, 0.15) is 9.88 Å². The lowest BCUT2D eigenvalue weighted by Crippen LogP contribution is -2.30. The molecule has 2 heterocycles. The van der Waals surface area contributed by atoms with Crippen molar-refractivity contribution in [2.45, 2.75) is 20.8 Å². The fourth-order valence-corrected chi connectivity index (χ4v) is 3.27. The van der Waals surface area contributed by atoms with E-state index in [1.807, 2.05) is 20.9 Å². The van der Waals surface area contributed by atoms with Crippen LogP contribution in [0.4, 0.5) is 0 Å². The molecule has 0 atom stereocenters. The van der Waals surface area contributed by atoms with Crippen LogP contribution in [0, 0.1) is 20.8 Å². The Bertz CT molecular complexity index is 804. The number of likely N-dealkylation sites (N-methyl/N-ethyl adjacent to an activating group) is 1. The van der Waals surface area contributed by atoms with Crippen LogP contribution >= 0.6 is 36.2 Å². The van der Waals surface area contributed by atoms with Gasteiger partial charge >= 0.3 is 0 Å². The molecule has 0 aliphatic heterocycles. The van der Waals surface area contributed by atoms with Crippen molar-refractivity contribution in [3.8, 4) is 10.6 Å². The molecule has 0 radical (unpaired) electrons. The number of carbonyl (C=O) groups excluding carboxylic acids is 1. The molecule has 2 rings (SSSR count). The summed E-state index contributed by atoms with van der Waals surface area (Å²) in [7, 11) is 3.44. The van der Waals surface area contributed by atoms with E-state index in [2.05, 4.69) is 20.7 Å². The van der Waals surface area contributed by atoms with Crippen molar-refractivity contribution in [2.75, 3.05) is 20.1 Å². The lowest BCUT2D eigenvalue weighted by Gasteiger charge is -2.07. The molecule has 0 bridgehead atoms. The summed E-state index contributed by atoms with van der Waals surface area (Å²) in [5, 5.41) is 10.5. The molecule has 0 saturated carbocycles. The molecule has 7 nitrogen and oxygen atoms in total. The monoisotopic (exact) mass is 407 g/mol. The molecule has 140 valence electrons. The van der Waals surface area contributed by atoms with E-state index in [1.165, 1.54) is 16.0 Å². The van der Waals surface area contributed by atoms with E-state index in [0.717, 1.165) is 11.3 Å². The Morgan fingerprint density at radius 2 is 1.80 bits per heavy atom. The van der Waals surface area contributed by atoms with Crippen LogP contribution in [-0.2, 0) is 7.05 Å². The summed E-state index contributed by atoms with van der Waals surface area (Å²) in [6.07, 6.45) is 0. The maximum atomic E-state index is 12.4. The molecular weight excluding hydrogens is 385 g/mol. The molecule has 25 heavy (non-hydrogen) atoms. The van der Waals surface area contributed by atoms with Crippen molar-refractivity contribution >= 4 is 42.1 Å². The number of carbonyl (C=O) groups is 1. The number of halogens is 2. The summed E-state index contributed by atoms with van der Waals surface area (Å²) in [6.45, 7) is 6.71. The zero-order valence-corrected chi connectivity index (χ0v) is 17.2. The van der Waals surface area contributed by atoms with Gasteiger partial charge in [0.15, 0.2) is 0 Å². The number of aryl methyl sites for hydroxylation is 3. The molecule has 1 amide bonds. The van der Waals surface area contributed by atoms with E-state index in [4.69, 9.17) is 0 Å². The minimum Gasteiger partial charge on any atom is -0.350 e. The van der Waals surface area contributed by atoms with Crippen LogP contribution in [0.3, 0.4) is 0 Å². The van der Waals surface area contributed by atoms with Gasteiger partial charge in [0, 0.05) is 20.1 Å². The van der Waals surface area contributed by atoms with E-state index >= 15 is 0 Å². The standard InChI is InChI=1S/C15H21N5O2S.2ClH/c1-8-9(2)19-20(5)15(22)11(8)14-18-10(3)12(23-14)13(21)17-7-6-16-4;;/h16H,6-7H2,1-5H3,(H,17,21);2*1H. The van der Waals surface area contributed by atoms with Crippen LogP contribution in [-0.4, -0.2) is 40.8 Å². The number of thiazole rings is 1. The Balaban J connectivity index is 0.00000288. The van der Waals surface area contributed by atoms with Crippen molar-refractivity contribution in [2.24, 2.45) is 7.05 Å². The van der Waals surface area contributed by atoms with Gasteiger partial charge in [-0.2, -0.15) is 5.10 Å². The number of nitrogens with zero attached hydrogens (tertiary/aromatic N) is 3. The molecular formula is C15H23Cl2N5O2S. The van der Waals surface area contributed by atoms with Gasteiger partial charge in [0.2, 0.25) is 0 Å². The topological polar surface area (TPSA) is 88.9 Å². The Labute approximate surface area is 163 Å². The minimum absolute atomic E-state index is 0. The van der Waals surface area contributed by atoms with Crippen LogP contribution in [0.1, 0.15) is 26.6 Å². The predicted molar refractivity (Wildman–Crippen MR) is 106 cm³/mol. The third-order valence-corrected chi connectivity index (χ3v) is 4.78. The third-order valence-electron chi connectivity index (χ3n) is 3.60. The van der Waals surface area contributed by atoms with Crippen LogP contribution < -0.4 is 16.2 Å². The van der Waals surface area contributed by atoms with E-state index in [1.54, 1.807) is 14.0 Å². The Morgan fingerprint density at radius 1 is 1.16 bits per heavy atom. The fraction of sp³-hybridized carbons (Fsp3) is 0.467. The van der Waals surface area contributed by atoms with Crippen molar-refractivity contribution in [3.05, 3.63) is 32.2 Å². The summed E-state index contributed by atoms with van der Waals surface area (Å²) in [5.41, 5.74) is 2.51.